The van der Waals surface area contributed by atoms with E-state index in [1.165, 1.54) is 25.7 Å². The Hall–Kier alpha value is -0.500. The first-order chi connectivity index (χ1) is 12.6. The van der Waals surface area contributed by atoms with Crippen LogP contribution < -0.4 is 0 Å². The van der Waals surface area contributed by atoms with Gasteiger partial charge in [-0.1, -0.05) is 45.4 Å². The maximum atomic E-state index is 11.7. The highest BCUT2D eigenvalue weighted by Gasteiger charge is 2.24. The van der Waals surface area contributed by atoms with E-state index >= 15 is 0 Å². The molecule has 0 aliphatic carbocycles. The summed E-state index contributed by atoms with van der Waals surface area (Å²) in [5, 5.41) is 9.72. The van der Waals surface area contributed by atoms with Gasteiger partial charge in [0.15, 0.2) is 0 Å². The van der Waals surface area contributed by atoms with Crippen LogP contribution >= 0.6 is 7.82 Å². The van der Waals surface area contributed by atoms with E-state index in [2.05, 4.69) is 6.92 Å². The Bertz CT molecular complexity index is 440. The van der Waals surface area contributed by atoms with Crippen molar-refractivity contribution in [3.05, 3.63) is 0 Å². The van der Waals surface area contributed by atoms with Crippen molar-refractivity contribution >= 4 is 13.8 Å². The number of ether oxygens (including phenoxy) is 1. The maximum Gasteiger partial charge on any atom is 0.472 e. The minimum atomic E-state index is -4.22. The molecule has 0 fully saturated rings. The number of aliphatic hydroxyl groups excluding tert-OH is 1. The summed E-state index contributed by atoms with van der Waals surface area (Å²) in [6.45, 7) is 2.05. The molecule has 0 rings (SSSR count). The van der Waals surface area contributed by atoms with Crippen molar-refractivity contribution in [2.45, 2.75) is 64.4 Å². The molecule has 8 nitrogen and oxygen atoms in total. The van der Waals surface area contributed by atoms with Gasteiger partial charge in [-0.2, -0.15) is 0 Å². The number of carbonyl (C=O) groups is 1. The third-order valence-electron chi connectivity index (χ3n) is 3.87. The second-order valence-corrected chi connectivity index (χ2v) is 9.27. The number of carbonyl (C=O) groups excluding carboxylic acids is 1. The third-order valence-corrected chi connectivity index (χ3v) is 4.85. The zero-order chi connectivity index (χ0) is 20.8. The van der Waals surface area contributed by atoms with Crippen molar-refractivity contribution in [2.24, 2.45) is 0 Å². The monoisotopic (exact) mass is 412 g/mol. The molecular formula is C18H39NO7P+. The van der Waals surface area contributed by atoms with Crippen LogP contribution in [0.25, 0.3) is 0 Å². The largest absolute Gasteiger partial charge is 0.472 e. The molecule has 9 heteroatoms. The number of unbranched alkanes of at least 4 members (excludes halogenated alkanes) is 6. The molecule has 162 valence electrons. The molecule has 0 saturated carbocycles. The van der Waals surface area contributed by atoms with Crippen LogP contribution in [-0.4, -0.2) is 74.1 Å². The van der Waals surface area contributed by atoms with E-state index < -0.39 is 20.5 Å². The van der Waals surface area contributed by atoms with Crippen LogP contribution in [0.5, 0.6) is 0 Å². The lowest BCUT2D eigenvalue weighted by molar-refractivity contribution is -0.870. The number of nitrogens with zero attached hydrogens (tertiary/aromatic N) is 1. The third kappa shape index (κ3) is 18.6. The topological polar surface area (TPSA) is 102 Å². The quantitative estimate of drug-likeness (QED) is 0.164. The normalized spacial score (nSPS) is 15.3. The fraction of sp³-hybridized carbons (Fsp3) is 0.944. The molecule has 2 unspecified atom stereocenters. The standard InChI is InChI=1S/C18H38NO7P/c1-5-6-7-8-9-10-11-12-18(21)24-15-17(20)16-26-27(22,23)25-14-13-19(2,3)4/h17,20H,5-16H2,1-4H3/p+1. The summed E-state index contributed by atoms with van der Waals surface area (Å²) in [5.74, 6) is -0.381. The highest BCUT2D eigenvalue weighted by Crippen LogP contribution is 2.43. The Balaban J connectivity index is 3.75. The predicted octanol–water partition coefficient (Wildman–Crippen LogP) is 2.87. The van der Waals surface area contributed by atoms with Gasteiger partial charge in [0.25, 0.3) is 0 Å². The summed E-state index contributed by atoms with van der Waals surface area (Å²) in [4.78, 5) is 21.2. The van der Waals surface area contributed by atoms with Crippen molar-refractivity contribution in [1.82, 2.24) is 0 Å². The van der Waals surface area contributed by atoms with Crippen LogP contribution in [0.2, 0.25) is 0 Å². The van der Waals surface area contributed by atoms with Gasteiger partial charge in [-0.3, -0.25) is 13.8 Å². The van der Waals surface area contributed by atoms with E-state index in [9.17, 15) is 19.4 Å². The van der Waals surface area contributed by atoms with Gasteiger partial charge in [0, 0.05) is 6.42 Å². The van der Waals surface area contributed by atoms with Gasteiger partial charge in [0.05, 0.1) is 27.7 Å². The molecule has 2 atom stereocenters. The van der Waals surface area contributed by atoms with Gasteiger partial charge in [0.2, 0.25) is 0 Å². The Kier molecular flexibility index (Phi) is 14.2. The molecule has 2 N–H and O–H groups in total. The Labute approximate surface area is 164 Å². The number of esters is 1. The van der Waals surface area contributed by atoms with E-state index in [0.29, 0.717) is 17.4 Å². The lowest BCUT2D eigenvalue weighted by Crippen LogP contribution is -2.37. The van der Waals surface area contributed by atoms with E-state index in [-0.39, 0.29) is 19.2 Å². The lowest BCUT2D eigenvalue weighted by Gasteiger charge is -2.24. The average molecular weight is 412 g/mol. The summed E-state index contributed by atoms with van der Waals surface area (Å²) >= 11 is 0. The molecule has 0 radical (unpaired) electrons. The average Bonchev–Trinajstić information content (AvgIpc) is 2.56. The number of rotatable bonds is 17. The first-order valence-corrected chi connectivity index (χ1v) is 11.3. The molecule has 0 amide bonds. The number of likely N-dealkylation sites (N-methyl/N-ethyl adjacent to an activating group) is 1. The van der Waals surface area contributed by atoms with Crippen LogP contribution in [0.3, 0.4) is 0 Å². The van der Waals surface area contributed by atoms with Gasteiger partial charge in [-0.15, -0.1) is 0 Å². The molecule has 27 heavy (non-hydrogen) atoms. The first-order valence-electron chi connectivity index (χ1n) is 9.82. The summed E-state index contributed by atoms with van der Waals surface area (Å²) in [6, 6.07) is 0. The molecule has 0 aromatic carbocycles. The SMILES string of the molecule is CCCCCCCCCC(=O)OCC(O)COP(=O)(O)OCC[N+](C)(C)C. The van der Waals surface area contributed by atoms with Crippen LogP contribution in [0.15, 0.2) is 0 Å². The minimum absolute atomic E-state index is 0.0564. The van der Waals surface area contributed by atoms with Crippen molar-refractivity contribution in [1.29, 1.82) is 0 Å². The highest BCUT2D eigenvalue weighted by molar-refractivity contribution is 7.47. The van der Waals surface area contributed by atoms with Crippen molar-refractivity contribution in [2.75, 3.05) is 47.5 Å². The van der Waals surface area contributed by atoms with Crippen LogP contribution in [0, 0.1) is 0 Å². The highest BCUT2D eigenvalue weighted by atomic mass is 31.2. The minimum Gasteiger partial charge on any atom is -0.463 e. The fourth-order valence-electron chi connectivity index (χ4n) is 2.18. The number of quaternary nitrogens is 1. The van der Waals surface area contributed by atoms with E-state index in [4.69, 9.17) is 13.8 Å². The molecule has 0 spiro atoms. The van der Waals surface area contributed by atoms with E-state index in [1.807, 2.05) is 21.1 Å². The molecule has 0 aromatic rings. The lowest BCUT2D eigenvalue weighted by atomic mass is 10.1. The van der Waals surface area contributed by atoms with Gasteiger partial charge in [-0.25, -0.2) is 4.57 Å². The van der Waals surface area contributed by atoms with Gasteiger partial charge in [-0.05, 0) is 6.42 Å². The molecule has 0 saturated heterocycles. The predicted molar refractivity (Wildman–Crippen MR) is 104 cm³/mol. The zero-order valence-electron chi connectivity index (χ0n) is 17.4. The number of phosphoric ester groups is 1. The van der Waals surface area contributed by atoms with Crippen molar-refractivity contribution in [3.8, 4) is 0 Å². The zero-order valence-corrected chi connectivity index (χ0v) is 18.3. The second kappa shape index (κ2) is 14.5. The van der Waals surface area contributed by atoms with Crippen LogP contribution in [0.1, 0.15) is 58.3 Å². The summed E-state index contributed by atoms with van der Waals surface area (Å²) in [5.41, 5.74) is 0. The molecular weight excluding hydrogens is 373 g/mol. The van der Waals surface area contributed by atoms with Gasteiger partial charge < -0.3 is 19.2 Å². The number of hydrogen-bond acceptors (Lipinski definition) is 6. The molecule has 0 aliphatic rings. The Morgan fingerprint density at radius 3 is 2.19 bits per heavy atom. The maximum absolute atomic E-state index is 11.7. The van der Waals surface area contributed by atoms with Crippen molar-refractivity contribution < 1.29 is 37.6 Å². The number of hydrogen-bond donors (Lipinski definition) is 2. The Morgan fingerprint density at radius 1 is 1.00 bits per heavy atom. The molecule has 0 aliphatic heterocycles. The molecule has 0 bridgehead atoms. The van der Waals surface area contributed by atoms with Crippen molar-refractivity contribution in [3.63, 3.8) is 0 Å². The summed E-state index contributed by atoms with van der Waals surface area (Å²) in [7, 11) is 1.56. The summed E-state index contributed by atoms with van der Waals surface area (Å²) in [6.07, 6.45) is 6.91. The number of phosphoric acid groups is 1. The second-order valence-electron chi connectivity index (χ2n) is 7.82. The van der Waals surface area contributed by atoms with Gasteiger partial charge >= 0.3 is 13.8 Å². The molecule has 0 aromatic heterocycles. The van der Waals surface area contributed by atoms with E-state index in [0.717, 1.165) is 19.3 Å². The smallest absolute Gasteiger partial charge is 0.463 e. The van der Waals surface area contributed by atoms with Crippen LogP contribution in [0.4, 0.5) is 0 Å². The first kappa shape index (κ1) is 26.5. The fourth-order valence-corrected chi connectivity index (χ4v) is 2.93. The van der Waals surface area contributed by atoms with Crippen LogP contribution in [-0.2, 0) is 23.1 Å². The molecule has 0 heterocycles. The number of aliphatic hydroxyl groups is 1. The Morgan fingerprint density at radius 2 is 1.59 bits per heavy atom. The van der Waals surface area contributed by atoms with E-state index in [1.54, 1.807) is 0 Å². The van der Waals surface area contributed by atoms with Gasteiger partial charge in [0.1, 0.15) is 25.9 Å². The summed E-state index contributed by atoms with van der Waals surface area (Å²) < 4.78 is 26.8.